The van der Waals surface area contributed by atoms with Crippen LogP contribution in [-0.2, 0) is 13.1 Å². The molecule has 0 spiro atoms. The zero-order chi connectivity index (χ0) is 12.3. The molecule has 4 nitrogen and oxygen atoms in total. The van der Waals surface area contributed by atoms with Gasteiger partial charge in [-0.2, -0.15) is 5.10 Å². The lowest BCUT2D eigenvalue weighted by molar-refractivity contribution is 0.615. The fraction of sp³-hybridized carbons (Fsp3) is 0.273. The second-order valence-corrected chi connectivity index (χ2v) is 3.85. The van der Waals surface area contributed by atoms with E-state index in [1.165, 1.54) is 12.4 Å². The minimum absolute atomic E-state index is 0.104. The van der Waals surface area contributed by atoms with Gasteiger partial charge in [-0.15, -0.1) is 0 Å². The molecule has 0 saturated carbocycles. The van der Waals surface area contributed by atoms with Crippen LogP contribution in [0.1, 0.15) is 12.7 Å². The van der Waals surface area contributed by atoms with E-state index in [0.717, 1.165) is 12.4 Å². The number of nitrogens with one attached hydrogen (secondary N) is 1. The van der Waals surface area contributed by atoms with Crippen molar-refractivity contribution < 1.29 is 4.39 Å². The van der Waals surface area contributed by atoms with Crippen molar-refractivity contribution in [3.63, 3.8) is 0 Å². The number of hydrogen-bond donors (Lipinski definition) is 1. The predicted molar refractivity (Wildman–Crippen MR) is 64.4 cm³/mol. The molecular formula is C11H12ClFN4. The number of aryl methyl sites for hydroxylation is 1. The summed E-state index contributed by atoms with van der Waals surface area (Å²) >= 11 is 5.68. The Hall–Kier alpha value is -1.62. The molecule has 1 aromatic carbocycles. The van der Waals surface area contributed by atoms with Crippen LogP contribution in [0.25, 0.3) is 0 Å². The number of nitrogens with zero attached hydrogens (tertiary/aromatic N) is 3. The maximum absolute atomic E-state index is 13.6. The number of hydrogen-bond acceptors (Lipinski definition) is 3. The summed E-state index contributed by atoms with van der Waals surface area (Å²) in [5, 5.41) is 7.08. The molecule has 0 aliphatic rings. The number of anilines is 1. The summed E-state index contributed by atoms with van der Waals surface area (Å²) < 4.78 is 15.3. The first-order valence-electron chi connectivity index (χ1n) is 5.27. The van der Waals surface area contributed by atoms with Crippen molar-refractivity contribution in [3.8, 4) is 0 Å². The van der Waals surface area contributed by atoms with Crippen molar-refractivity contribution in [2.24, 2.45) is 0 Å². The average Bonchev–Trinajstić information content (AvgIpc) is 2.78. The van der Waals surface area contributed by atoms with Crippen LogP contribution in [0.5, 0.6) is 0 Å². The van der Waals surface area contributed by atoms with Crippen molar-refractivity contribution in [2.45, 2.75) is 20.0 Å². The quantitative estimate of drug-likeness (QED) is 0.912. The minimum Gasteiger partial charge on any atom is -0.375 e. The van der Waals surface area contributed by atoms with Crippen LogP contribution < -0.4 is 5.32 Å². The number of halogens is 2. The Morgan fingerprint density at radius 3 is 3.06 bits per heavy atom. The average molecular weight is 255 g/mol. The summed E-state index contributed by atoms with van der Waals surface area (Å²) in [6.45, 7) is 3.11. The molecule has 0 aliphatic carbocycles. The molecule has 17 heavy (non-hydrogen) atoms. The van der Waals surface area contributed by atoms with Gasteiger partial charge in [0, 0.05) is 6.54 Å². The van der Waals surface area contributed by atoms with E-state index in [9.17, 15) is 4.39 Å². The topological polar surface area (TPSA) is 42.7 Å². The second-order valence-electron chi connectivity index (χ2n) is 3.45. The summed E-state index contributed by atoms with van der Waals surface area (Å²) in [5.74, 6) is 0.309. The van der Waals surface area contributed by atoms with Crippen LogP contribution in [0.3, 0.4) is 0 Å². The molecular weight excluding hydrogens is 243 g/mol. The van der Waals surface area contributed by atoms with E-state index in [4.69, 9.17) is 11.6 Å². The summed E-state index contributed by atoms with van der Waals surface area (Å²) in [5.41, 5.74) is 0.364. The fourth-order valence-corrected chi connectivity index (χ4v) is 1.68. The first kappa shape index (κ1) is 11.9. The minimum atomic E-state index is -0.447. The van der Waals surface area contributed by atoms with E-state index >= 15 is 0 Å². The second kappa shape index (κ2) is 5.14. The molecule has 6 heteroatoms. The Bertz CT molecular complexity index is 512. The lowest BCUT2D eigenvalue weighted by Gasteiger charge is -2.08. The zero-order valence-corrected chi connectivity index (χ0v) is 10.1. The van der Waals surface area contributed by atoms with Gasteiger partial charge in [0.05, 0.1) is 17.3 Å². The monoisotopic (exact) mass is 254 g/mol. The lowest BCUT2D eigenvalue weighted by Crippen LogP contribution is -2.09. The number of rotatable bonds is 4. The van der Waals surface area contributed by atoms with Crippen LogP contribution in [0.4, 0.5) is 10.1 Å². The van der Waals surface area contributed by atoms with E-state index < -0.39 is 5.82 Å². The Kier molecular flexibility index (Phi) is 3.58. The van der Waals surface area contributed by atoms with E-state index in [0.29, 0.717) is 12.2 Å². The zero-order valence-electron chi connectivity index (χ0n) is 9.32. The molecule has 2 aromatic rings. The summed E-state index contributed by atoms with van der Waals surface area (Å²) in [4.78, 5) is 4.09. The van der Waals surface area contributed by atoms with Gasteiger partial charge in [-0.05, 0) is 19.1 Å². The molecule has 0 saturated heterocycles. The molecule has 0 unspecified atom stereocenters. The van der Waals surface area contributed by atoms with Crippen LogP contribution in [-0.4, -0.2) is 14.8 Å². The van der Waals surface area contributed by atoms with Gasteiger partial charge in [-0.25, -0.2) is 14.1 Å². The first-order valence-corrected chi connectivity index (χ1v) is 5.64. The fourth-order valence-electron chi connectivity index (χ4n) is 1.50. The van der Waals surface area contributed by atoms with Gasteiger partial charge < -0.3 is 5.32 Å². The van der Waals surface area contributed by atoms with Crippen LogP contribution >= 0.6 is 11.6 Å². The molecule has 1 aromatic heterocycles. The van der Waals surface area contributed by atoms with Gasteiger partial charge in [0.15, 0.2) is 5.82 Å². The highest BCUT2D eigenvalue weighted by Crippen LogP contribution is 2.22. The molecule has 90 valence electrons. The van der Waals surface area contributed by atoms with Gasteiger partial charge in [0.25, 0.3) is 0 Å². The van der Waals surface area contributed by atoms with Crippen molar-refractivity contribution in [3.05, 3.63) is 41.2 Å². The lowest BCUT2D eigenvalue weighted by atomic mass is 10.3. The first-order chi connectivity index (χ1) is 8.22. The van der Waals surface area contributed by atoms with Crippen molar-refractivity contribution in [1.82, 2.24) is 14.8 Å². The summed E-state index contributed by atoms with van der Waals surface area (Å²) in [7, 11) is 0. The van der Waals surface area contributed by atoms with E-state index in [-0.39, 0.29) is 5.02 Å². The third-order valence-corrected chi connectivity index (χ3v) is 2.68. The molecule has 0 aliphatic heterocycles. The molecule has 0 amide bonds. The third-order valence-electron chi connectivity index (χ3n) is 2.38. The van der Waals surface area contributed by atoms with Gasteiger partial charge in [-0.1, -0.05) is 17.7 Å². The van der Waals surface area contributed by atoms with E-state index in [1.54, 1.807) is 16.8 Å². The van der Waals surface area contributed by atoms with E-state index in [1.807, 2.05) is 6.92 Å². The maximum atomic E-state index is 13.6. The standard InChI is InChI=1S/C11H12ClFN4/c1-2-17-10(15-7-16-17)6-14-9-5-3-4-8(12)11(9)13/h3-5,7,14H,2,6H2,1H3. The van der Waals surface area contributed by atoms with Crippen molar-refractivity contribution in [2.75, 3.05) is 5.32 Å². The van der Waals surface area contributed by atoms with Gasteiger partial charge in [-0.3, -0.25) is 0 Å². The molecule has 1 heterocycles. The molecule has 2 rings (SSSR count). The van der Waals surface area contributed by atoms with Gasteiger partial charge in [0.2, 0.25) is 0 Å². The summed E-state index contributed by atoms with van der Waals surface area (Å²) in [6, 6.07) is 4.84. The highest BCUT2D eigenvalue weighted by Gasteiger charge is 2.07. The van der Waals surface area contributed by atoms with Gasteiger partial charge in [0.1, 0.15) is 12.2 Å². The summed E-state index contributed by atoms with van der Waals surface area (Å²) in [6.07, 6.45) is 1.48. The Labute approximate surface area is 103 Å². The highest BCUT2D eigenvalue weighted by atomic mass is 35.5. The Balaban J connectivity index is 2.10. The van der Waals surface area contributed by atoms with E-state index in [2.05, 4.69) is 15.4 Å². The molecule has 0 atom stereocenters. The molecule has 0 radical (unpaired) electrons. The van der Waals surface area contributed by atoms with Crippen LogP contribution in [0.15, 0.2) is 24.5 Å². The van der Waals surface area contributed by atoms with Crippen LogP contribution in [0.2, 0.25) is 5.02 Å². The largest absolute Gasteiger partial charge is 0.375 e. The van der Waals surface area contributed by atoms with Crippen molar-refractivity contribution in [1.29, 1.82) is 0 Å². The van der Waals surface area contributed by atoms with Crippen LogP contribution in [0, 0.1) is 5.82 Å². The molecule has 0 fully saturated rings. The predicted octanol–water partition coefficient (Wildman–Crippen LogP) is 2.70. The van der Waals surface area contributed by atoms with Gasteiger partial charge >= 0.3 is 0 Å². The van der Waals surface area contributed by atoms with Crippen molar-refractivity contribution >= 4 is 17.3 Å². The highest BCUT2D eigenvalue weighted by molar-refractivity contribution is 6.31. The molecule has 1 N–H and O–H groups in total. The smallest absolute Gasteiger partial charge is 0.164 e. The number of benzene rings is 1. The normalized spacial score (nSPS) is 10.5. The molecule has 0 bridgehead atoms. The SMILES string of the molecule is CCn1ncnc1CNc1cccc(Cl)c1F. The third kappa shape index (κ3) is 2.55. The number of aromatic nitrogens is 3. The maximum Gasteiger partial charge on any atom is 0.164 e. The Morgan fingerprint density at radius 1 is 1.47 bits per heavy atom. The Morgan fingerprint density at radius 2 is 2.29 bits per heavy atom.